The zero-order chi connectivity index (χ0) is 24.3. The fourth-order valence-corrected chi connectivity index (χ4v) is 4.86. The van der Waals surface area contributed by atoms with Gasteiger partial charge in [-0.15, -0.1) is 0 Å². The molecule has 0 unspecified atom stereocenters. The first kappa shape index (κ1) is 24.6. The Morgan fingerprint density at radius 2 is 1.85 bits per heavy atom. The van der Waals surface area contributed by atoms with Crippen molar-refractivity contribution in [3.05, 3.63) is 70.1 Å². The van der Waals surface area contributed by atoms with E-state index in [0.29, 0.717) is 10.8 Å². The van der Waals surface area contributed by atoms with Crippen LogP contribution in [-0.4, -0.2) is 40.2 Å². The van der Waals surface area contributed by atoms with Crippen molar-refractivity contribution in [1.29, 1.82) is 0 Å². The van der Waals surface area contributed by atoms with E-state index < -0.39 is 0 Å². The number of hydrogen-bond donors (Lipinski definition) is 0. The molecule has 6 heteroatoms. The maximum absolute atomic E-state index is 6.43. The van der Waals surface area contributed by atoms with Crippen molar-refractivity contribution in [1.82, 2.24) is 14.9 Å². The summed E-state index contributed by atoms with van der Waals surface area (Å²) in [5.41, 5.74) is 6.63. The first-order valence-corrected chi connectivity index (χ1v) is 12.4. The van der Waals surface area contributed by atoms with E-state index in [1.54, 1.807) is 18.5 Å². The number of halogens is 1. The van der Waals surface area contributed by atoms with E-state index in [2.05, 4.69) is 68.8 Å². The number of nitrogens with zero attached hydrogens (tertiary/aromatic N) is 3. The van der Waals surface area contributed by atoms with Crippen LogP contribution in [0, 0.1) is 6.92 Å². The van der Waals surface area contributed by atoms with Gasteiger partial charge < -0.3 is 9.47 Å². The maximum atomic E-state index is 6.43. The number of pyridine rings is 2. The largest absolute Gasteiger partial charge is 0.455 e. The van der Waals surface area contributed by atoms with Crippen LogP contribution in [-0.2, 0) is 24.1 Å². The summed E-state index contributed by atoms with van der Waals surface area (Å²) >= 11 is 6.20. The van der Waals surface area contributed by atoms with Gasteiger partial charge >= 0.3 is 0 Å². The van der Waals surface area contributed by atoms with Crippen LogP contribution in [0.25, 0.3) is 11.3 Å². The third kappa shape index (κ3) is 5.60. The van der Waals surface area contributed by atoms with Crippen LogP contribution in [0.15, 0.2) is 42.7 Å². The lowest BCUT2D eigenvalue weighted by Crippen LogP contribution is -2.47. The molecule has 0 atom stereocenters. The molecule has 1 aromatic carbocycles. The van der Waals surface area contributed by atoms with Crippen molar-refractivity contribution in [2.75, 3.05) is 19.7 Å². The number of benzene rings is 1. The summed E-state index contributed by atoms with van der Waals surface area (Å²) in [6, 6.07) is 10.4. The van der Waals surface area contributed by atoms with E-state index >= 15 is 0 Å². The monoisotopic (exact) mass is 479 g/mol. The minimum atomic E-state index is -0.173. The number of morpholine rings is 1. The molecule has 1 saturated heterocycles. The highest BCUT2D eigenvalue weighted by atomic mass is 35.5. The van der Waals surface area contributed by atoms with Crippen LogP contribution in [0.3, 0.4) is 0 Å². The van der Waals surface area contributed by atoms with E-state index in [9.17, 15) is 0 Å². The molecule has 1 aliphatic rings. The predicted octanol–water partition coefficient (Wildman–Crippen LogP) is 6.63. The molecule has 3 aromatic rings. The molecule has 1 fully saturated rings. The first-order valence-electron chi connectivity index (χ1n) is 12.1. The summed E-state index contributed by atoms with van der Waals surface area (Å²) in [5.74, 6) is 1.41. The van der Waals surface area contributed by atoms with Gasteiger partial charge in [-0.1, -0.05) is 43.6 Å². The summed E-state index contributed by atoms with van der Waals surface area (Å²) in [6.45, 7) is 13.9. The molecule has 2 aromatic heterocycles. The Morgan fingerprint density at radius 1 is 1.12 bits per heavy atom. The minimum absolute atomic E-state index is 0.173. The van der Waals surface area contributed by atoms with Gasteiger partial charge in [-0.25, -0.2) is 0 Å². The topological polar surface area (TPSA) is 47.5 Å². The fourth-order valence-electron chi connectivity index (χ4n) is 4.70. The molecule has 0 aliphatic carbocycles. The summed E-state index contributed by atoms with van der Waals surface area (Å²) in [5, 5.41) is 0.546. The van der Waals surface area contributed by atoms with Crippen molar-refractivity contribution in [2.45, 2.75) is 59.6 Å². The molecule has 4 rings (SSSR count). The smallest absolute Gasteiger partial charge is 0.147 e. The van der Waals surface area contributed by atoms with Gasteiger partial charge in [0.25, 0.3) is 0 Å². The SMILES string of the molecule is CCc1cccc(CC)c1-c1cc(Oc2cncc(Cl)c2)c(CN2CCOC(C)(C)C2)c(C)n1. The van der Waals surface area contributed by atoms with Crippen LogP contribution in [0.2, 0.25) is 5.02 Å². The van der Waals surface area contributed by atoms with Crippen molar-refractivity contribution in [3.8, 4) is 22.8 Å². The van der Waals surface area contributed by atoms with Gasteiger partial charge in [-0.05, 0) is 44.7 Å². The van der Waals surface area contributed by atoms with E-state index in [4.69, 9.17) is 26.1 Å². The predicted molar refractivity (Wildman–Crippen MR) is 138 cm³/mol. The van der Waals surface area contributed by atoms with Crippen LogP contribution in [0.1, 0.15) is 50.1 Å². The highest BCUT2D eigenvalue weighted by Gasteiger charge is 2.28. The molecule has 5 nitrogen and oxygen atoms in total. The molecule has 3 heterocycles. The second-order valence-electron chi connectivity index (χ2n) is 9.49. The second-order valence-corrected chi connectivity index (χ2v) is 9.92. The maximum Gasteiger partial charge on any atom is 0.147 e. The van der Waals surface area contributed by atoms with Crippen LogP contribution in [0.5, 0.6) is 11.5 Å². The first-order chi connectivity index (χ1) is 16.3. The van der Waals surface area contributed by atoms with E-state index in [1.165, 1.54) is 16.7 Å². The molecule has 0 radical (unpaired) electrons. The molecule has 0 N–H and O–H groups in total. The Labute approximate surface area is 208 Å². The molecular formula is C28H34ClN3O2. The quantitative estimate of drug-likeness (QED) is 0.380. The third-order valence-corrected chi connectivity index (χ3v) is 6.55. The Bertz CT molecular complexity index is 1140. The van der Waals surface area contributed by atoms with Crippen LogP contribution >= 0.6 is 11.6 Å². The lowest BCUT2D eigenvalue weighted by molar-refractivity contribution is -0.0884. The Kier molecular flexibility index (Phi) is 7.56. The van der Waals surface area contributed by atoms with E-state index in [1.807, 2.05) is 0 Å². The van der Waals surface area contributed by atoms with Crippen molar-refractivity contribution in [3.63, 3.8) is 0 Å². The van der Waals surface area contributed by atoms with Crippen molar-refractivity contribution >= 4 is 11.6 Å². The number of hydrogen-bond acceptors (Lipinski definition) is 5. The Morgan fingerprint density at radius 3 is 2.50 bits per heavy atom. The number of ether oxygens (including phenoxy) is 2. The molecule has 0 saturated carbocycles. The van der Waals surface area contributed by atoms with Crippen LogP contribution in [0.4, 0.5) is 0 Å². The number of rotatable bonds is 7. The fraction of sp³-hybridized carbons (Fsp3) is 0.429. The zero-order valence-corrected chi connectivity index (χ0v) is 21.6. The van der Waals surface area contributed by atoms with Crippen molar-refractivity contribution in [2.24, 2.45) is 0 Å². The van der Waals surface area contributed by atoms with Gasteiger partial charge in [0.15, 0.2) is 0 Å². The summed E-state index contributed by atoms with van der Waals surface area (Å²) in [7, 11) is 0. The minimum Gasteiger partial charge on any atom is -0.455 e. The molecule has 0 amide bonds. The average molecular weight is 480 g/mol. The van der Waals surface area contributed by atoms with Gasteiger partial charge in [-0.2, -0.15) is 0 Å². The molecule has 0 bridgehead atoms. The number of aromatic nitrogens is 2. The summed E-state index contributed by atoms with van der Waals surface area (Å²) in [6.07, 6.45) is 5.20. The average Bonchev–Trinajstić information content (AvgIpc) is 2.80. The molecule has 34 heavy (non-hydrogen) atoms. The van der Waals surface area contributed by atoms with Crippen molar-refractivity contribution < 1.29 is 9.47 Å². The highest BCUT2D eigenvalue weighted by molar-refractivity contribution is 6.30. The molecular weight excluding hydrogens is 446 g/mol. The normalized spacial score (nSPS) is 15.9. The summed E-state index contributed by atoms with van der Waals surface area (Å²) in [4.78, 5) is 11.7. The highest BCUT2D eigenvalue weighted by Crippen LogP contribution is 2.36. The van der Waals surface area contributed by atoms with Gasteiger partial charge in [-0.3, -0.25) is 14.9 Å². The number of aryl methyl sites for hydroxylation is 3. The van der Waals surface area contributed by atoms with Gasteiger partial charge in [0.1, 0.15) is 11.5 Å². The molecule has 0 spiro atoms. The summed E-state index contributed by atoms with van der Waals surface area (Å²) < 4.78 is 12.3. The Hall–Kier alpha value is -2.47. The molecule has 1 aliphatic heterocycles. The van der Waals surface area contributed by atoms with Crippen LogP contribution < -0.4 is 4.74 Å². The zero-order valence-electron chi connectivity index (χ0n) is 20.8. The van der Waals surface area contributed by atoms with Gasteiger partial charge in [0, 0.05) is 54.8 Å². The van der Waals surface area contributed by atoms with Gasteiger partial charge in [0.05, 0.1) is 29.1 Å². The second kappa shape index (κ2) is 10.4. The lowest BCUT2D eigenvalue weighted by Gasteiger charge is -2.38. The Balaban J connectivity index is 1.80. The molecule has 180 valence electrons. The third-order valence-electron chi connectivity index (χ3n) is 6.34. The van der Waals surface area contributed by atoms with Gasteiger partial charge in [0.2, 0.25) is 0 Å². The standard InChI is InChI=1S/C28H34ClN3O2/c1-6-20-9-8-10-21(7-2)27(20)25-14-26(34-23-13-22(29)15-30-16-23)24(19(3)31-25)17-32-11-12-33-28(4,5)18-32/h8-10,13-16H,6-7,11-12,17-18H2,1-5H3. The van der Waals surface area contributed by atoms with E-state index in [-0.39, 0.29) is 5.60 Å². The van der Waals surface area contributed by atoms with E-state index in [0.717, 1.165) is 61.8 Å². The lowest BCUT2D eigenvalue weighted by atomic mass is 9.94.